The van der Waals surface area contributed by atoms with Crippen LogP contribution in [0, 0.1) is 5.92 Å². The number of amides is 1. The fourth-order valence-corrected chi connectivity index (χ4v) is 3.07. The van der Waals surface area contributed by atoms with E-state index in [2.05, 4.69) is 10.4 Å². The van der Waals surface area contributed by atoms with Crippen LogP contribution in [0.25, 0.3) is 10.9 Å². The number of para-hydroxylation sites is 1. The molecule has 1 heterocycles. The number of hydrogen-bond acceptors (Lipinski definition) is 3. The van der Waals surface area contributed by atoms with E-state index in [9.17, 15) is 9.90 Å². The van der Waals surface area contributed by atoms with Crippen molar-refractivity contribution in [3.63, 3.8) is 0 Å². The lowest BCUT2D eigenvalue weighted by molar-refractivity contribution is -0.122. The zero-order valence-corrected chi connectivity index (χ0v) is 12.0. The summed E-state index contributed by atoms with van der Waals surface area (Å²) in [7, 11) is 0. The van der Waals surface area contributed by atoms with Gasteiger partial charge in [0, 0.05) is 11.9 Å². The molecule has 0 bridgehead atoms. The first kappa shape index (κ1) is 14.1. The number of aliphatic hydroxyl groups excluding tert-OH is 1. The molecule has 3 rings (SSSR count). The van der Waals surface area contributed by atoms with Crippen molar-refractivity contribution in [3.05, 3.63) is 30.5 Å². The number of aliphatic hydroxyl groups is 1. The van der Waals surface area contributed by atoms with Crippen LogP contribution in [0.3, 0.4) is 0 Å². The molecule has 5 heteroatoms. The summed E-state index contributed by atoms with van der Waals surface area (Å²) in [5, 5.41) is 18.1. The summed E-state index contributed by atoms with van der Waals surface area (Å²) in [6, 6.07) is 7.80. The van der Waals surface area contributed by atoms with Crippen molar-refractivity contribution in [2.24, 2.45) is 5.92 Å². The van der Waals surface area contributed by atoms with Gasteiger partial charge in [0.15, 0.2) is 0 Å². The summed E-state index contributed by atoms with van der Waals surface area (Å²) in [6.07, 6.45) is 5.85. The van der Waals surface area contributed by atoms with E-state index < -0.39 is 6.10 Å². The van der Waals surface area contributed by atoms with E-state index in [-0.39, 0.29) is 12.5 Å². The molecule has 1 saturated carbocycles. The van der Waals surface area contributed by atoms with E-state index in [0.717, 1.165) is 23.7 Å². The maximum absolute atomic E-state index is 12.0. The highest BCUT2D eigenvalue weighted by molar-refractivity contribution is 5.81. The highest BCUT2D eigenvalue weighted by Crippen LogP contribution is 2.27. The van der Waals surface area contributed by atoms with Crippen molar-refractivity contribution in [2.75, 3.05) is 6.54 Å². The molecule has 112 valence electrons. The largest absolute Gasteiger partial charge is 0.391 e. The number of fused-ring (bicyclic) bond motifs is 1. The van der Waals surface area contributed by atoms with Gasteiger partial charge in [-0.05, 0) is 24.8 Å². The SMILES string of the molecule is O=C(Cn1ncc2ccccc21)NCC(O)C1CCCC1. The summed E-state index contributed by atoms with van der Waals surface area (Å²) in [5.41, 5.74) is 0.948. The standard InChI is InChI=1S/C16H21N3O2/c20-15(12-5-1-2-6-12)10-17-16(21)11-19-14-8-4-3-7-13(14)9-18-19/h3-4,7-9,12,15,20H,1-2,5-6,10-11H2,(H,17,21). The fourth-order valence-electron chi connectivity index (χ4n) is 3.07. The van der Waals surface area contributed by atoms with Crippen LogP contribution in [0.1, 0.15) is 25.7 Å². The molecule has 1 aromatic heterocycles. The Morgan fingerprint density at radius 1 is 1.38 bits per heavy atom. The third kappa shape index (κ3) is 3.24. The number of nitrogens with zero attached hydrogens (tertiary/aromatic N) is 2. The molecular formula is C16H21N3O2. The second-order valence-corrected chi connectivity index (χ2v) is 5.78. The van der Waals surface area contributed by atoms with E-state index in [1.807, 2.05) is 24.3 Å². The summed E-state index contributed by atoms with van der Waals surface area (Å²) >= 11 is 0. The second kappa shape index (κ2) is 6.26. The van der Waals surface area contributed by atoms with Crippen LogP contribution < -0.4 is 5.32 Å². The van der Waals surface area contributed by atoms with Gasteiger partial charge in [0.2, 0.25) is 5.91 Å². The number of benzene rings is 1. The molecule has 0 saturated heterocycles. The van der Waals surface area contributed by atoms with Gasteiger partial charge in [-0.3, -0.25) is 9.48 Å². The maximum atomic E-state index is 12.0. The van der Waals surface area contributed by atoms with Crippen LogP contribution in [0.2, 0.25) is 0 Å². The quantitative estimate of drug-likeness (QED) is 0.879. The predicted octanol–water partition coefficient (Wildman–Crippen LogP) is 1.70. The lowest BCUT2D eigenvalue weighted by atomic mass is 10.0. The van der Waals surface area contributed by atoms with Crippen LogP contribution in [0.15, 0.2) is 30.5 Å². The Morgan fingerprint density at radius 3 is 2.95 bits per heavy atom. The highest BCUT2D eigenvalue weighted by atomic mass is 16.3. The molecule has 21 heavy (non-hydrogen) atoms. The average molecular weight is 287 g/mol. The van der Waals surface area contributed by atoms with Crippen LogP contribution in [-0.4, -0.2) is 33.4 Å². The lowest BCUT2D eigenvalue weighted by Crippen LogP contribution is -2.37. The first-order chi connectivity index (χ1) is 10.2. The zero-order chi connectivity index (χ0) is 14.7. The fraction of sp³-hybridized carbons (Fsp3) is 0.500. The van der Waals surface area contributed by atoms with E-state index in [1.54, 1.807) is 10.9 Å². The van der Waals surface area contributed by atoms with Crippen LogP contribution >= 0.6 is 0 Å². The predicted molar refractivity (Wildman–Crippen MR) is 80.7 cm³/mol. The number of carbonyl (C=O) groups excluding carboxylic acids is 1. The Balaban J connectivity index is 1.54. The third-order valence-electron chi connectivity index (χ3n) is 4.30. The maximum Gasteiger partial charge on any atom is 0.241 e. The Hall–Kier alpha value is -1.88. The average Bonchev–Trinajstić information content (AvgIpc) is 3.15. The Labute approximate surface area is 124 Å². The smallest absolute Gasteiger partial charge is 0.241 e. The zero-order valence-electron chi connectivity index (χ0n) is 12.0. The molecular weight excluding hydrogens is 266 g/mol. The monoisotopic (exact) mass is 287 g/mol. The summed E-state index contributed by atoms with van der Waals surface area (Å²) < 4.78 is 1.69. The second-order valence-electron chi connectivity index (χ2n) is 5.78. The number of nitrogens with one attached hydrogen (secondary N) is 1. The van der Waals surface area contributed by atoms with Crippen LogP contribution in [-0.2, 0) is 11.3 Å². The van der Waals surface area contributed by atoms with E-state index >= 15 is 0 Å². The van der Waals surface area contributed by atoms with Crippen molar-refractivity contribution in [1.82, 2.24) is 15.1 Å². The van der Waals surface area contributed by atoms with Gasteiger partial charge >= 0.3 is 0 Å². The number of carbonyl (C=O) groups is 1. The molecule has 1 fully saturated rings. The first-order valence-electron chi connectivity index (χ1n) is 7.59. The molecule has 0 radical (unpaired) electrons. The minimum Gasteiger partial charge on any atom is -0.391 e. The van der Waals surface area contributed by atoms with Gasteiger partial charge in [-0.1, -0.05) is 31.0 Å². The van der Waals surface area contributed by atoms with Crippen molar-refractivity contribution in [3.8, 4) is 0 Å². The molecule has 1 aliphatic rings. The molecule has 1 unspecified atom stereocenters. The van der Waals surface area contributed by atoms with Gasteiger partial charge in [-0.2, -0.15) is 5.10 Å². The molecule has 1 aromatic carbocycles. The molecule has 5 nitrogen and oxygen atoms in total. The number of hydrogen-bond donors (Lipinski definition) is 2. The molecule has 1 atom stereocenters. The van der Waals surface area contributed by atoms with Crippen molar-refractivity contribution in [2.45, 2.75) is 38.3 Å². The Kier molecular flexibility index (Phi) is 4.20. The normalized spacial score (nSPS) is 17.2. The molecule has 1 aliphatic carbocycles. The van der Waals surface area contributed by atoms with E-state index in [0.29, 0.717) is 12.5 Å². The highest BCUT2D eigenvalue weighted by Gasteiger charge is 2.23. The van der Waals surface area contributed by atoms with Gasteiger partial charge < -0.3 is 10.4 Å². The van der Waals surface area contributed by atoms with E-state index in [4.69, 9.17) is 0 Å². The molecule has 0 spiro atoms. The van der Waals surface area contributed by atoms with Gasteiger partial charge in [0.25, 0.3) is 0 Å². The number of aromatic nitrogens is 2. The van der Waals surface area contributed by atoms with Crippen molar-refractivity contribution < 1.29 is 9.90 Å². The van der Waals surface area contributed by atoms with Crippen molar-refractivity contribution >= 4 is 16.8 Å². The molecule has 1 amide bonds. The van der Waals surface area contributed by atoms with Crippen LogP contribution in [0.5, 0.6) is 0 Å². The topological polar surface area (TPSA) is 67.2 Å². The van der Waals surface area contributed by atoms with Crippen molar-refractivity contribution in [1.29, 1.82) is 0 Å². The first-order valence-corrected chi connectivity index (χ1v) is 7.59. The van der Waals surface area contributed by atoms with Gasteiger partial charge in [0.05, 0.1) is 17.8 Å². The Bertz CT molecular complexity index is 617. The molecule has 2 aromatic rings. The lowest BCUT2D eigenvalue weighted by Gasteiger charge is -2.18. The Morgan fingerprint density at radius 2 is 2.14 bits per heavy atom. The summed E-state index contributed by atoms with van der Waals surface area (Å²) in [4.78, 5) is 12.0. The van der Waals surface area contributed by atoms with Gasteiger partial charge in [-0.15, -0.1) is 0 Å². The van der Waals surface area contributed by atoms with Gasteiger partial charge in [-0.25, -0.2) is 0 Å². The third-order valence-corrected chi connectivity index (χ3v) is 4.30. The summed E-state index contributed by atoms with van der Waals surface area (Å²) in [5.74, 6) is 0.233. The number of rotatable bonds is 5. The minimum absolute atomic E-state index is 0.110. The molecule has 0 aliphatic heterocycles. The van der Waals surface area contributed by atoms with Crippen LogP contribution in [0.4, 0.5) is 0 Å². The summed E-state index contributed by atoms with van der Waals surface area (Å²) in [6.45, 7) is 0.521. The van der Waals surface area contributed by atoms with Gasteiger partial charge in [0.1, 0.15) is 6.54 Å². The van der Waals surface area contributed by atoms with E-state index in [1.165, 1.54) is 12.8 Å². The minimum atomic E-state index is -0.425. The molecule has 2 N–H and O–H groups in total.